The zero-order valence-corrected chi connectivity index (χ0v) is 11.2. The Balaban J connectivity index is 1.93. The maximum absolute atomic E-state index is 13.4. The lowest BCUT2D eigenvalue weighted by Gasteiger charge is -2.15. The van der Waals surface area contributed by atoms with Crippen LogP contribution in [0.25, 0.3) is 0 Å². The Morgan fingerprint density at radius 3 is 2.68 bits per heavy atom. The number of halogens is 2. The highest BCUT2D eigenvalue weighted by Gasteiger charge is 2.29. The molecule has 0 saturated carbocycles. The van der Waals surface area contributed by atoms with Crippen molar-refractivity contribution < 1.29 is 22.3 Å². The minimum atomic E-state index is -2.96. The van der Waals surface area contributed by atoms with Crippen LogP contribution in [0.1, 0.15) is 18.4 Å². The molecule has 106 valence electrons. The zero-order chi connectivity index (χ0) is 14.0. The van der Waals surface area contributed by atoms with Gasteiger partial charge in [0.2, 0.25) is 0 Å². The number of aliphatic hydroxyl groups is 1. The van der Waals surface area contributed by atoms with Crippen molar-refractivity contribution in [2.24, 2.45) is 5.92 Å². The van der Waals surface area contributed by atoms with Crippen molar-refractivity contribution in [2.75, 3.05) is 11.5 Å². The van der Waals surface area contributed by atoms with E-state index in [1.165, 1.54) is 6.07 Å². The van der Waals surface area contributed by atoms with E-state index in [-0.39, 0.29) is 29.4 Å². The van der Waals surface area contributed by atoms with Gasteiger partial charge < -0.3 is 5.11 Å². The van der Waals surface area contributed by atoms with Gasteiger partial charge in [-0.05, 0) is 30.4 Å². The highest BCUT2D eigenvalue weighted by atomic mass is 32.2. The molecule has 19 heavy (non-hydrogen) atoms. The van der Waals surface area contributed by atoms with Gasteiger partial charge in [-0.25, -0.2) is 17.2 Å². The fourth-order valence-electron chi connectivity index (χ4n) is 2.47. The summed E-state index contributed by atoms with van der Waals surface area (Å²) in [5.41, 5.74) is 0.245. The fourth-order valence-corrected chi connectivity index (χ4v) is 4.35. The second-order valence-electron chi connectivity index (χ2n) is 5.10. The van der Waals surface area contributed by atoms with E-state index in [1.54, 1.807) is 0 Å². The molecule has 1 fully saturated rings. The number of rotatable bonds is 4. The molecule has 0 aromatic heterocycles. The molecule has 6 heteroatoms. The Bertz CT molecular complexity index is 557. The molecular formula is C13H16F2O3S. The van der Waals surface area contributed by atoms with E-state index in [0.29, 0.717) is 12.8 Å². The summed E-state index contributed by atoms with van der Waals surface area (Å²) in [6, 6.07) is 3.23. The quantitative estimate of drug-likeness (QED) is 0.918. The van der Waals surface area contributed by atoms with Gasteiger partial charge in [0.05, 0.1) is 17.6 Å². The van der Waals surface area contributed by atoms with E-state index in [4.69, 9.17) is 0 Å². The third-order valence-electron chi connectivity index (χ3n) is 3.40. The first-order valence-electron chi connectivity index (χ1n) is 6.18. The van der Waals surface area contributed by atoms with Crippen LogP contribution in [0.2, 0.25) is 0 Å². The van der Waals surface area contributed by atoms with Crippen LogP contribution in [-0.2, 0) is 16.3 Å². The minimum Gasteiger partial charge on any atom is -0.393 e. The Morgan fingerprint density at radius 2 is 2.11 bits per heavy atom. The third kappa shape index (κ3) is 3.98. The van der Waals surface area contributed by atoms with Gasteiger partial charge in [0.1, 0.15) is 11.6 Å². The van der Waals surface area contributed by atoms with Crippen LogP contribution in [0.4, 0.5) is 8.78 Å². The first kappa shape index (κ1) is 14.4. The number of hydrogen-bond acceptors (Lipinski definition) is 3. The van der Waals surface area contributed by atoms with Crippen LogP contribution in [0.5, 0.6) is 0 Å². The first-order valence-corrected chi connectivity index (χ1v) is 8.00. The lowest BCUT2D eigenvalue weighted by Crippen LogP contribution is -2.18. The van der Waals surface area contributed by atoms with Crippen LogP contribution < -0.4 is 0 Å². The van der Waals surface area contributed by atoms with Gasteiger partial charge in [-0.15, -0.1) is 0 Å². The van der Waals surface area contributed by atoms with Crippen molar-refractivity contribution >= 4 is 9.84 Å². The molecule has 0 aliphatic carbocycles. The molecule has 0 spiro atoms. The van der Waals surface area contributed by atoms with Crippen LogP contribution in [0.3, 0.4) is 0 Å². The molecule has 3 nitrogen and oxygen atoms in total. The molecule has 0 bridgehead atoms. The van der Waals surface area contributed by atoms with Crippen molar-refractivity contribution in [3.8, 4) is 0 Å². The van der Waals surface area contributed by atoms with E-state index < -0.39 is 27.6 Å². The van der Waals surface area contributed by atoms with E-state index >= 15 is 0 Å². The second kappa shape index (κ2) is 5.54. The topological polar surface area (TPSA) is 54.4 Å². The molecule has 1 N–H and O–H groups in total. The maximum Gasteiger partial charge on any atom is 0.150 e. The number of hydrogen-bond donors (Lipinski definition) is 1. The normalized spacial score (nSPS) is 23.4. The van der Waals surface area contributed by atoms with Crippen LogP contribution in [-0.4, -0.2) is 31.1 Å². The molecule has 0 radical (unpaired) electrons. The van der Waals surface area contributed by atoms with Crippen molar-refractivity contribution in [1.29, 1.82) is 0 Å². The van der Waals surface area contributed by atoms with Gasteiger partial charge in [-0.1, -0.05) is 6.07 Å². The fraction of sp³-hybridized carbons (Fsp3) is 0.538. The highest BCUT2D eigenvalue weighted by Crippen LogP contribution is 2.24. The SMILES string of the molecule is O=S1(=O)CCC(CC(O)Cc2ccc(F)cc2F)C1. The maximum atomic E-state index is 13.4. The lowest BCUT2D eigenvalue weighted by atomic mass is 9.96. The average Bonchev–Trinajstić information content (AvgIpc) is 2.62. The highest BCUT2D eigenvalue weighted by molar-refractivity contribution is 7.91. The number of sulfone groups is 1. The second-order valence-corrected chi connectivity index (χ2v) is 7.33. The third-order valence-corrected chi connectivity index (χ3v) is 5.24. The van der Waals surface area contributed by atoms with Crippen LogP contribution in [0.15, 0.2) is 18.2 Å². The van der Waals surface area contributed by atoms with Gasteiger partial charge in [0.25, 0.3) is 0 Å². The Labute approximate surface area is 111 Å². The van der Waals surface area contributed by atoms with Crippen molar-refractivity contribution in [3.05, 3.63) is 35.4 Å². The Morgan fingerprint density at radius 1 is 1.37 bits per heavy atom. The number of aliphatic hydroxyl groups excluding tert-OH is 1. The minimum absolute atomic E-state index is 0.0662. The zero-order valence-electron chi connectivity index (χ0n) is 10.4. The largest absolute Gasteiger partial charge is 0.393 e. The summed E-state index contributed by atoms with van der Waals surface area (Å²) >= 11 is 0. The lowest BCUT2D eigenvalue weighted by molar-refractivity contribution is 0.145. The van der Waals surface area contributed by atoms with Crippen molar-refractivity contribution in [3.63, 3.8) is 0 Å². The van der Waals surface area contributed by atoms with E-state index in [0.717, 1.165) is 12.1 Å². The summed E-state index contributed by atoms with van der Waals surface area (Å²) in [5, 5.41) is 9.87. The predicted octanol–water partition coefficient (Wildman–Crippen LogP) is 1.69. The van der Waals surface area contributed by atoms with Gasteiger partial charge in [-0.3, -0.25) is 0 Å². The Hall–Kier alpha value is -1.01. The summed E-state index contributed by atoms with van der Waals surface area (Å²) in [4.78, 5) is 0. The van der Waals surface area contributed by atoms with Gasteiger partial charge in [-0.2, -0.15) is 0 Å². The monoisotopic (exact) mass is 290 g/mol. The molecule has 1 aliphatic rings. The Kier molecular flexibility index (Phi) is 4.20. The molecule has 2 unspecified atom stereocenters. The summed E-state index contributed by atoms with van der Waals surface area (Å²) in [7, 11) is -2.96. The summed E-state index contributed by atoms with van der Waals surface area (Å²) in [5.74, 6) is -1.15. The summed E-state index contributed by atoms with van der Waals surface area (Å²) in [6.07, 6.45) is 0.141. The standard InChI is InChI=1S/C13H16F2O3S/c14-11-2-1-10(13(15)7-11)6-12(16)5-9-3-4-19(17,18)8-9/h1-2,7,9,12,16H,3-6,8H2. The van der Waals surface area contributed by atoms with E-state index in [1.807, 2.05) is 0 Å². The van der Waals surface area contributed by atoms with Crippen LogP contribution >= 0.6 is 0 Å². The molecule has 1 aromatic carbocycles. The molecule has 1 heterocycles. The molecule has 1 aliphatic heterocycles. The number of benzene rings is 1. The van der Waals surface area contributed by atoms with E-state index in [2.05, 4.69) is 0 Å². The van der Waals surface area contributed by atoms with Crippen molar-refractivity contribution in [1.82, 2.24) is 0 Å². The van der Waals surface area contributed by atoms with Gasteiger partial charge in [0.15, 0.2) is 9.84 Å². The van der Waals surface area contributed by atoms with Crippen molar-refractivity contribution in [2.45, 2.75) is 25.4 Å². The average molecular weight is 290 g/mol. The predicted molar refractivity (Wildman–Crippen MR) is 67.4 cm³/mol. The first-order chi connectivity index (χ1) is 8.85. The molecule has 0 amide bonds. The molecular weight excluding hydrogens is 274 g/mol. The summed E-state index contributed by atoms with van der Waals surface area (Å²) in [6.45, 7) is 0. The molecule has 2 rings (SSSR count). The van der Waals surface area contributed by atoms with Gasteiger partial charge >= 0.3 is 0 Å². The van der Waals surface area contributed by atoms with Gasteiger partial charge in [0, 0.05) is 12.5 Å². The van der Waals surface area contributed by atoms with Crippen LogP contribution in [0, 0.1) is 17.6 Å². The van der Waals surface area contributed by atoms with E-state index in [9.17, 15) is 22.3 Å². The summed E-state index contributed by atoms with van der Waals surface area (Å²) < 4.78 is 48.7. The molecule has 2 atom stereocenters. The molecule has 1 aromatic rings. The smallest absolute Gasteiger partial charge is 0.150 e. The molecule has 1 saturated heterocycles.